The predicted molar refractivity (Wildman–Crippen MR) is 96.8 cm³/mol. The van der Waals surface area contributed by atoms with E-state index in [2.05, 4.69) is 25.6 Å². The third kappa shape index (κ3) is 5.20. The zero-order valence-corrected chi connectivity index (χ0v) is 15.0. The molecule has 3 heteroatoms. The standard InChI is InChI=1S/C21H30O3/c1-15(2)21(23)24-12-4-5-19-13-17(14-22)8-11-20(19)18-9-6-16(3)7-10-18/h8,11,13,16,18,22H,1,4-7,9-10,12,14H2,2-3H3. The molecule has 0 amide bonds. The average Bonchev–Trinajstić information content (AvgIpc) is 2.59. The van der Waals surface area contributed by atoms with Crippen LogP contribution in [0, 0.1) is 5.92 Å². The minimum absolute atomic E-state index is 0.0691. The minimum atomic E-state index is -0.319. The van der Waals surface area contributed by atoms with E-state index in [-0.39, 0.29) is 12.6 Å². The summed E-state index contributed by atoms with van der Waals surface area (Å²) >= 11 is 0. The largest absolute Gasteiger partial charge is 0.462 e. The van der Waals surface area contributed by atoms with E-state index in [1.165, 1.54) is 36.8 Å². The van der Waals surface area contributed by atoms with Crippen LogP contribution < -0.4 is 0 Å². The van der Waals surface area contributed by atoms with Crippen LogP contribution >= 0.6 is 0 Å². The number of ether oxygens (including phenoxy) is 1. The van der Waals surface area contributed by atoms with Crippen molar-refractivity contribution in [1.29, 1.82) is 0 Å². The predicted octanol–water partition coefficient (Wildman–Crippen LogP) is 4.52. The van der Waals surface area contributed by atoms with Gasteiger partial charge < -0.3 is 9.84 Å². The average molecular weight is 330 g/mol. The summed E-state index contributed by atoms with van der Waals surface area (Å²) in [6.07, 6.45) is 6.75. The molecule has 1 aliphatic rings. The van der Waals surface area contributed by atoms with Crippen molar-refractivity contribution >= 4 is 5.97 Å². The second kappa shape index (κ2) is 9.03. The Bertz CT molecular complexity index is 568. The fourth-order valence-electron chi connectivity index (χ4n) is 3.49. The first-order valence-corrected chi connectivity index (χ1v) is 9.06. The fraction of sp³-hybridized carbons (Fsp3) is 0.571. The maximum atomic E-state index is 11.4. The van der Waals surface area contributed by atoms with Gasteiger partial charge in [-0.2, -0.15) is 0 Å². The molecule has 0 saturated heterocycles. The van der Waals surface area contributed by atoms with Crippen LogP contribution in [0.4, 0.5) is 0 Å². The van der Waals surface area contributed by atoms with Crippen molar-refractivity contribution in [2.24, 2.45) is 5.92 Å². The Labute approximate surface area is 145 Å². The fourth-order valence-corrected chi connectivity index (χ4v) is 3.49. The van der Waals surface area contributed by atoms with Gasteiger partial charge in [0.15, 0.2) is 0 Å². The molecule has 0 heterocycles. The quantitative estimate of drug-likeness (QED) is 0.454. The number of esters is 1. The van der Waals surface area contributed by atoms with Gasteiger partial charge in [0.25, 0.3) is 0 Å². The van der Waals surface area contributed by atoms with E-state index in [1.54, 1.807) is 6.92 Å². The second-order valence-electron chi connectivity index (χ2n) is 7.17. The number of aliphatic hydroxyl groups is 1. The molecule has 0 bridgehead atoms. The van der Waals surface area contributed by atoms with Crippen LogP contribution in [-0.2, 0) is 22.6 Å². The molecule has 1 aromatic carbocycles. The first kappa shape index (κ1) is 18.7. The maximum absolute atomic E-state index is 11.4. The van der Waals surface area contributed by atoms with Gasteiger partial charge in [0.1, 0.15) is 0 Å². The van der Waals surface area contributed by atoms with Gasteiger partial charge in [0.2, 0.25) is 0 Å². The van der Waals surface area contributed by atoms with E-state index in [9.17, 15) is 9.90 Å². The lowest BCUT2D eigenvalue weighted by molar-refractivity contribution is -0.139. The Kier molecular flexibility index (Phi) is 7.04. The summed E-state index contributed by atoms with van der Waals surface area (Å²) in [6.45, 7) is 8.07. The Hall–Kier alpha value is -1.61. The maximum Gasteiger partial charge on any atom is 0.333 e. The van der Waals surface area contributed by atoms with E-state index in [4.69, 9.17) is 4.74 Å². The van der Waals surface area contributed by atoms with Crippen molar-refractivity contribution in [3.63, 3.8) is 0 Å². The highest BCUT2D eigenvalue weighted by molar-refractivity contribution is 5.86. The number of benzene rings is 1. The number of carbonyl (C=O) groups excluding carboxylic acids is 1. The summed E-state index contributed by atoms with van der Waals surface area (Å²) in [5, 5.41) is 9.42. The van der Waals surface area contributed by atoms with E-state index in [0.29, 0.717) is 18.1 Å². The van der Waals surface area contributed by atoms with E-state index in [0.717, 1.165) is 24.3 Å². The molecule has 132 valence electrons. The smallest absolute Gasteiger partial charge is 0.333 e. The molecule has 1 N–H and O–H groups in total. The molecule has 1 saturated carbocycles. The van der Waals surface area contributed by atoms with Crippen LogP contribution in [0.25, 0.3) is 0 Å². The molecule has 0 radical (unpaired) electrons. The molecule has 2 rings (SSSR count). The van der Waals surface area contributed by atoms with Crippen molar-refractivity contribution in [1.82, 2.24) is 0 Å². The molecular weight excluding hydrogens is 300 g/mol. The number of hydrogen-bond acceptors (Lipinski definition) is 3. The third-order valence-corrected chi connectivity index (χ3v) is 5.02. The molecule has 0 spiro atoms. The van der Waals surface area contributed by atoms with Gasteiger partial charge in [-0.25, -0.2) is 4.79 Å². The van der Waals surface area contributed by atoms with Gasteiger partial charge in [-0.15, -0.1) is 0 Å². The Morgan fingerprint density at radius 2 is 2.00 bits per heavy atom. The molecule has 24 heavy (non-hydrogen) atoms. The van der Waals surface area contributed by atoms with Gasteiger partial charge in [0, 0.05) is 5.57 Å². The molecular formula is C21H30O3. The second-order valence-corrected chi connectivity index (χ2v) is 7.17. The van der Waals surface area contributed by atoms with Crippen LogP contribution in [0.2, 0.25) is 0 Å². The number of rotatable bonds is 7. The monoisotopic (exact) mass is 330 g/mol. The van der Waals surface area contributed by atoms with Crippen LogP contribution in [-0.4, -0.2) is 17.7 Å². The first-order chi connectivity index (χ1) is 11.5. The normalized spacial score (nSPS) is 20.6. The number of hydrogen-bond donors (Lipinski definition) is 1. The van der Waals surface area contributed by atoms with Gasteiger partial charge in [-0.05, 0) is 61.1 Å². The van der Waals surface area contributed by atoms with Crippen molar-refractivity contribution in [3.05, 3.63) is 47.0 Å². The van der Waals surface area contributed by atoms with Crippen molar-refractivity contribution in [2.75, 3.05) is 6.61 Å². The van der Waals surface area contributed by atoms with Gasteiger partial charge in [-0.3, -0.25) is 0 Å². The summed E-state index contributed by atoms with van der Waals surface area (Å²) in [4.78, 5) is 11.4. The number of carbonyl (C=O) groups is 1. The highest BCUT2D eigenvalue weighted by Crippen LogP contribution is 2.37. The molecule has 3 nitrogen and oxygen atoms in total. The lowest BCUT2D eigenvalue weighted by Crippen LogP contribution is -2.13. The summed E-state index contributed by atoms with van der Waals surface area (Å²) < 4.78 is 5.19. The van der Waals surface area contributed by atoms with Crippen LogP contribution in [0.5, 0.6) is 0 Å². The zero-order chi connectivity index (χ0) is 17.5. The lowest BCUT2D eigenvalue weighted by Gasteiger charge is -2.28. The third-order valence-electron chi connectivity index (χ3n) is 5.02. The van der Waals surface area contributed by atoms with Crippen LogP contribution in [0.15, 0.2) is 30.4 Å². The molecule has 0 aliphatic heterocycles. The topological polar surface area (TPSA) is 46.5 Å². The Morgan fingerprint density at radius 1 is 1.29 bits per heavy atom. The van der Waals surface area contributed by atoms with E-state index >= 15 is 0 Å². The minimum Gasteiger partial charge on any atom is -0.462 e. The number of aryl methyl sites for hydroxylation is 1. The SMILES string of the molecule is C=C(C)C(=O)OCCCc1cc(CO)ccc1C1CCC(C)CC1. The van der Waals surface area contributed by atoms with Crippen molar-refractivity contribution in [3.8, 4) is 0 Å². The summed E-state index contributed by atoms with van der Waals surface area (Å²) in [5.74, 6) is 1.14. The van der Waals surface area contributed by atoms with Crippen LogP contribution in [0.3, 0.4) is 0 Å². The van der Waals surface area contributed by atoms with Gasteiger partial charge in [-0.1, -0.05) is 44.5 Å². The zero-order valence-electron chi connectivity index (χ0n) is 15.0. The Morgan fingerprint density at radius 3 is 2.62 bits per heavy atom. The molecule has 0 unspecified atom stereocenters. The van der Waals surface area contributed by atoms with E-state index in [1.807, 2.05) is 6.07 Å². The molecule has 1 aliphatic carbocycles. The highest BCUT2D eigenvalue weighted by Gasteiger charge is 2.21. The highest BCUT2D eigenvalue weighted by atomic mass is 16.5. The summed E-state index contributed by atoms with van der Waals surface area (Å²) in [6, 6.07) is 6.35. The molecule has 1 aromatic rings. The van der Waals surface area contributed by atoms with E-state index < -0.39 is 0 Å². The van der Waals surface area contributed by atoms with Crippen molar-refractivity contribution in [2.45, 2.75) is 64.9 Å². The first-order valence-electron chi connectivity index (χ1n) is 9.06. The summed E-state index contributed by atoms with van der Waals surface area (Å²) in [7, 11) is 0. The molecule has 0 atom stereocenters. The van der Waals surface area contributed by atoms with Gasteiger partial charge >= 0.3 is 5.97 Å². The van der Waals surface area contributed by atoms with Crippen molar-refractivity contribution < 1.29 is 14.6 Å². The Balaban J connectivity index is 2.00. The molecule has 1 fully saturated rings. The number of aliphatic hydroxyl groups excluding tert-OH is 1. The molecule has 0 aromatic heterocycles. The van der Waals surface area contributed by atoms with Crippen LogP contribution in [0.1, 0.15) is 68.6 Å². The lowest BCUT2D eigenvalue weighted by atomic mass is 9.77. The van der Waals surface area contributed by atoms with Gasteiger partial charge in [0.05, 0.1) is 13.2 Å². The summed E-state index contributed by atoms with van der Waals surface area (Å²) in [5.41, 5.74) is 4.11.